The summed E-state index contributed by atoms with van der Waals surface area (Å²) in [7, 11) is 0. The molecule has 3 heteroatoms. The van der Waals surface area contributed by atoms with E-state index in [1.807, 2.05) is 49.1 Å². The molecule has 1 aromatic rings. The third-order valence-corrected chi connectivity index (χ3v) is 3.77. The highest BCUT2D eigenvalue weighted by atomic mass is 16.2. The summed E-state index contributed by atoms with van der Waals surface area (Å²) in [5, 5.41) is 0. The van der Waals surface area contributed by atoms with Crippen LogP contribution in [0.3, 0.4) is 0 Å². The van der Waals surface area contributed by atoms with Crippen molar-refractivity contribution in [1.82, 2.24) is 4.90 Å². The highest BCUT2D eigenvalue weighted by Crippen LogP contribution is 2.18. The van der Waals surface area contributed by atoms with E-state index in [2.05, 4.69) is 0 Å². The number of hydrogen-bond acceptors (Lipinski definition) is 2. The molecule has 112 valence electrons. The number of piperidine rings is 1. The smallest absolute Gasteiger partial charge is 0.257 e. The van der Waals surface area contributed by atoms with Crippen molar-refractivity contribution in [2.75, 3.05) is 13.1 Å². The first kappa shape index (κ1) is 15.5. The Morgan fingerprint density at radius 3 is 2.24 bits per heavy atom. The topological polar surface area (TPSA) is 37.4 Å². The van der Waals surface area contributed by atoms with Gasteiger partial charge < -0.3 is 4.90 Å². The number of nitrogens with zero attached hydrogens (tertiary/aromatic N) is 1. The van der Waals surface area contributed by atoms with E-state index >= 15 is 0 Å². The Kier molecular flexibility index (Phi) is 5.32. The number of Topliss-reactive ketones (excluding diaryl/α,β-unsaturated/α-hetero) is 1. The van der Waals surface area contributed by atoms with Crippen molar-refractivity contribution in [2.24, 2.45) is 5.92 Å². The van der Waals surface area contributed by atoms with Gasteiger partial charge in [0.15, 0.2) is 5.78 Å². The molecular formula is C18H23NO2. The first-order chi connectivity index (χ1) is 10.1. The second-order valence-corrected chi connectivity index (χ2v) is 5.84. The Morgan fingerprint density at radius 2 is 1.67 bits per heavy atom. The van der Waals surface area contributed by atoms with Crippen LogP contribution in [0.2, 0.25) is 0 Å². The maximum atomic E-state index is 12.7. The number of ketones is 1. The van der Waals surface area contributed by atoms with E-state index in [1.165, 1.54) is 6.42 Å². The van der Waals surface area contributed by atoms with Gasteiger partial charge in [0.2, 0.25) is 0 Å². The fourth-order valence-corrected chi connectivity index (χ4v) is 2.53. The molecule has 0 aliphatic carbocycles. The van der Waals surface area contributed by atoms with E-state index < -0.39 is 0 Å². The van der Waals surface area contributed by atoms with Crippen molar-refractivity contribution in [2.45, 2.75) is 33.1 Å². The monoisotopic (exact) mass is 285 g/mol. The third-order valence-electron chi connectivity index (χ3n) is 3.77. The Labute approximate surface area is 126 Å². The molecule has 1 heterocycles. The summed E-state index contributed by atoms with van der Waals surface area (Å²) >= 11 is 0. The van der Waals surface area contributed by atoms with Gasteiger partial charge in [0.1, 0.15) is 0 Å². The first-order valence-electron chi connectivity index (χ1n) is 7.70. The minimum atomic E-state index is -0.172. The SMILES string of the molecule is CC(C)C(=O)C(=Cc1ccccc1)C(=O)N1CCCCC1. The zero-order valence-corrected chi connectivity index (χ0v) is 12.8. The lowest BCUT2D eigenvalue weighted by Crippen LogP contribution is -2.38. The van der Waals surface area contributed by atoms with Gasteiger partial charge in [-0.1, -0.05) is 44.2 Å². The number of carbonyl (C=O) groups is 2. The van der Waals surface area contributed by atoms with Crippen molar-refractivity contribution >= 4 is 17.8 Å². The molecule has 1 amide bonds. The summed E-state index contributed by atoms with van der Waals surface area (Å²) in [6, 6.07) is 9.57. The summed E-state index contributed by atoms with van der Waals surface area (Å²) in [4.78, 5) is 26.9. The molecular weight excluding hydrogens is 262 g/mol. The lowest BCUT2D eigenvalue weighted by Gasteiger charge is -2.27. The molecule has 0 bridgehead atoms. The summed E-state index contributed by atoms with van der Waals surface area (Å²) in [6.07, 6.45) is 4.96. The van der Waals surface area contributed by atoms with Crippen LogP contribution in [0.5, 0.6) is 0 Å². The lowest BCUT2D eigenvalue weighted by molar-refractivity contribution is -0.131. The molecule has 0 radical (unpaired) electrons. The number of benzene rings is 1. The average molecular weight is 285 g/mol. The Balaban J connectivity index is 2.29. The second-order valence-electron chi connectivity index (χ2n) is 5.84. The standard InChI is InChI=1S/C18H23NO2/c1-14(2)17(20)16(13-15-9-5-3-6-10-15)18(21)19-11-7-4-8-12-19/h3,5-6,9-10,13-14H,4,7-8,11-12H2,1-2H3. The molecule has 1 saturated heterocycles. The van der Waals surface area contributed by atoms with Gasteiger partial charge in [0.25, 0.3) is 5.91 Å². The van der Waals surface area contributed by atoms with Gasteiger partial charge in [-0.2, -0.15) is 0 Å². The van der Waals surface area contributed by atoms with Gasteiger partial charge in [0.05, 0.1) is 5.57 Å². The first-order valence-corrected chi connectivity index (χ1v) is 7.70. The predicted molar refractivity (Wildman–Crippen MR) is 84.7 cm³/mol. The molecule has 1 aromatic carbocycles. The molecule has 0 N–H and O–H groups in total. The molecule has 3 nitrogen and oxygen atoms in total. The highest BCUT2D eigenvalue weighted by Gasteiger charge is 2.26. The average Bonchev–Trinajstić information content (AvgIpc) is 2.53. The third kappa shape index (κ3) is 4.03. The number of hydrogen-bond donors (Lipinski definition) is 0. The summed E-state index contributed by atoms with van der Waals surface area (Å²) in [6.45, 7) is 5.20. The van der Waals surface area contributed by atoms with Crippen LogP contribution in [0.4, 0.5) is 0 Å². The van der Waals surface area contributed by atoms with Crippen LogP contribution in [-0.4, -0.2) is 29.7 Å². The minimum Gasteiger partial charge on any atom is -0.339 e. The minimum absolute atomic E-state index is 0.0746. The quantitative estimate of drug-likeness (QED) is 0.483. The zero-order chi connectivity index (χ0) is 15.2. The van der Waals surface area contributed by atoms with E-state index in [0.29, 0.717) is 5.57 Å². The molecule has 0 atom stereocenters. The van der Waals surface area contributed by atoms with Crippen LogP contribution in [-0.2, 0) is 9.59 Å². The Bertz CT molecular complexity index is 525. The van der Waals surface area contributed by atoms with Gasteiger partial charge in [-0.3, -0.25) is 9.59 Å². The number of rotatable bonds is 4. The van der Waals surface area contributed by atoms with E-state index in [9.17, 15) is 9.59 Å². The molecule has 0 aromatic heterocycles. The predicted octanol–water partition coefficient (Wildman–Crippen LogP) is 3.31. The largest absolute Gasteiger partial charge is 0.339 e. The van der Waals surface area contributed by atoms with E-state index in [4.69, 9.17) is 0 Å². The highest BCUT2D eigenvalue weighted by molar-refractivity contribution is 6.23. The zero-order valence-electron chi connectivity index (χ0n) is 12.8. The lowest BCUT2D eigenvalue weighted by atomic mass is 9.97. The second kappa shape index (κ2) is 7.21. The molecule has 1 aliphatic heterocycles. The van der Waals surface area contributed by atoms with Crippen LogP contribution in [0.25, 0.3) is 6.08 Å². The fraction of sp³-hybridized carbons (Fsp3) is 0.444. The maximum Gasteiger partial charge on any atom is 0.257 e. The summed E-state index contributed by atoms with van der Waals surface area (Å²) in [5.41, 5.74) is 1.21. The summed E-state index contributed by atoms with van der Waals surface area (Å²) in [5.74, 6) is -0.361. The van der Waals surface area contributed by atoms with Gasteiger partial charge in [-0.15, -0.1) is 0 Å². The van der Waals surface area contributed by atoms with Gasteiger partial charge >= 0.3 is 0 Å². The molecule has 1 aliphatic rings. The van der Waals surface area contributed by atoms with E-state index in [0.717, 1.165) is 31.5 Å². The number of carbonyl (C=O) groups excluding carboxylic acids is 2. The van der Waals surface area contributed by atoms with Crippen molar-refractivity contribution in [1.29, 1.82) is 0 Å². The number of likely N-dealkylation sites (tertiary alicyclic amines) is 1. The van der Waals surface area contributed by atoms with Gasteiger partial charge in [0, 0.05) is 19.0 Å². The maximum absolute atomic E-state index is 12.7. The molecule has 0 saturated carbocycles. The van der Waals surface area contributed by atoms with Crippen LogP contribution in [0.15, 0.2) is 35.9 Å². The Morgan fingerprint density at radius 1 is 1.05 bits per heavy atom. The van der Waals surface area contributed by atoms with Crippen LogP contribution >= 0.6 is 0 Å². The Hall–Kier alpha value is -1.90. The van der Waals surface area contributed by atoms with Crippen LogP contribution in [0, 0.1) is 5.92 Å². The van der Waals surface area contributed by atoms with Gasteiger partial charge in [-0.25, -0.2) is 0 Å². The van der Waals surface area contributed by atoms with E-state index in [1.54, 1.807) is 6.08 Å². The summed E-state index contributed by atoms with van der Waals surface area (Å²) < 4.78 is 0. The van der Waals surface area contributed by atoms with Crippen molar-refractivity contribution in [3.05, 3.63) is 41.5 Å². The fourth-order valence-electron chi connectivity index (χ4n) is 2.53. The van der Waals surface area contributed by atoms with Crippen molar-refractivity contribution in [3.8, 4) is 0 Å². The van der Waals surface area contributed by atoms with Crippen molar-refractivity contribution in [3.63, 3.8) is 0 Å². The molecule has 2 rings (SSSR count). The molecule has 0 spiro atoms. The molecule has 21 heavy (non-hydrogen) atoms. The van der Waals surface area contributed by atoms with Gasteiger partial charge in [-0.05, 0) is 30.9 Å². The van der Waals surface area contributed by atoms with E-state index in [-0.39, 0.29) is 17.6 Å². The number of amides is 1. The molecule has 1 fully saturated rings. The van der Waals surface area contributed by atoms with Crippen LogP contribution in [0.1, 0.15) is 38.7 Å². The van der Waals surface area contributed by atoms with Crippen LogP contribution < -0.4 is 0 Å². The normalized spacial score (nSPS) is 16.1. The van der Waals surface area contributed by atoms with Crippen molar-refractivity contribution < 1.29 is 9.59 Å². The molecule has 0 unspecified atom stereocenters.